The Labute approximate surface area is 106 Å². The third-order valence-electron chi connectivity index (χ3n) is 3.57. The second kappa shape index (κ2) is 6.47. The van der Waals surface area contributed by atoms with E-state index in [0.29, 0.717) is 32.5 Å². The Morgan fingerprint density at radius 2 is 1.94 bits per heavy atom. The predicted octanol–water partition coefficient (Wildman–Crippen LogP) is -0.818. The molecule has 4 atom stereocenters. The van der Waals surface area contributed by atoms with Gasteiger partial charge in [-0.3, -0.25) is 4.79 Å². The minimum absolute atomic E-state index is 0.0740. The lowest BCUT2D eigenvalue weighted by Gasteiger charge is -2.18. The van der Waals surface area contributed by atoms with E-state index in [4.69, 9.17) is 14.6 Å². The number of hydrogen-bond donors (Lipinski definition) is 3. The third-order valence-corrected chi connectivity index (χ3v) is 3.57. The molecule has 6 nitrogen and oxygen atoms in total. The van der Waals surface area contributed by atoms with E-state index in [0.717, 1.165) is 6.42 Å². The smallest absolute Gasteiger partial charge is 0.220 e. The van der Waals surface area contributed by atoms with Gasteiger partial charge in [-0.25, -0.2) is 0 Å². The Hall–Kier alpha value is -0.690. The molecule has 2 aliphatic rings. The number of aliphatic hydroxyl groups excluding tert-OH is 2. The number of nitrogens with one attached hydrogen (secondary N) is 1. The molecule has 2 saturated heterocycles. The quantitative estimate of drug-likeness (QED) is 0.600. The maximum atomic E-state index is 11.7. The van der Waals surface area contributed by atoms with Crippen LogP contribution in [0.15, 0.2) is 0 Å². The molecule has 0 aliphatic carbocycles. The number of hydrogen-bond acceptors (Lipinski definition) is 5. The second-order valence-electron chi connectivity index (χ2n) is 4.86. The van der Waals surface area contributed by atoms with Crippen LogP contribution in [0.3, 0.4) is 0 Å². The van der Waals surface area contributed by atoms with Crippen molar-refractivity contribution in [2.24, 2.45) is 0 Å². The lowest BCUT2D eigenvalue weighted by Crippen LogP contribution is -2.42. The van der Waals surface area contributed by atoms with E-state index in [1.807, 2.05) is 0 Å². The lowest BCUT2D eigenvalue weighted by molar-refractivity contribution is -0.123. The fourth-order valence-electron chi connectivity index (χ4n) is 2.46. The standard InChI is InChI=1S/C12H21NO5/c14-7-11-8(3-5-18-11)13-12(16)2-1-10-9(15)4-6-17-10/h8-11,14-15H,1-7H2,(H,13,16)/t8?,9-,10-,11-/m1/s1. The van der Waals surface area contributed by atoms with E-state index in [1.165, 1.54) is 0 Å². The number of carbonyl (C=O) groups excluding carboxylic acids is 1. The zero-order valence-electron chi connectivity index (χ0n) is 10.4. The SMILES string of the molecule is O=C(CC[C@H]1OCC[C@H]1O)NC1CCO[C@@H]1CO. The molecule has 104 valence electrons. The zero-order valence-corrected chi connectivity index (χ0v) is 10.4. The van der Waals surface area contributed by atoms with Crippen LogP contribution in [-0.2, 0) is 14.3 Å². The summed E-state index contributed by atoms with van der Waals surface area (Å²) in [5.74, 6) is -0.0772. The average Bonchev–Trinajstić information content (AvgIpc) is 2.95. The normalized spacial score (nSPS) is 35.9. The monoisotopic (exact) mass is 259 g/mol. The van der Waals surface area contributed by atoms with Gasteiger partial charge in [0.2, 0.25) is 5.91 Å². The molecule has 0 aromatic heterocycles. The minimum Gasteiger partial charge on any atom is -0.394 e. The Morgan fingerprint density at radius 1 is 1.22 bits per heavy atom. The molecular weight excluding hydrogens is 238 g/mol. The Bertz CT molecular complexity index is 286. The van der Waals surface area contributed by atoms with Crippen LogP contribution in [-0.4, -0.2) is 60.3 Å². The van der Waals surface area contributed by atoms with E-state index < -0.39 is 6.10 Å². The first-order valence-electron chi connectivity index (χ1n) is 6.52. The second-order valence-corrected chi connectivity index (χ2v) is 4.86. The molecule has 0 radical (unpaired) electrons. The van der Waals surface area contributed by atoms with E-state index in [1.54, 1.807) is 0 Å². The molecule has 0 saturated carbocycles. The largest absolute Gasteiger partial charge is 0.394 e. The van der Waals surface area contributed by atoms with Crippen molar-refractivity contribution in [1.82, 2.24) is 5.32 Å². The van der Waals surface area contributed by atoms with Crippen molar-refractivity contribution in [3.05, 3.63) is 0 Å². The molecule has 0 bridgehead atoms. The van der Waals surface area contributed by atoms with Crippen molar-refractivity contribution in [3.8, 4) is 0 Å². The van der Waals surface area contributed by atoms with Crippen molar-refractivity contribution in [2.75, 3.05) is 19.8 Å². The molecule has 2 aliphatic heterocycles. The molecular formula is C12H21NO5. The van der Waals surface area contributed by atoms with E-state index >= 15 is 0 Å². The van der Waals surface area contributed by atoms with Gasteiger partial charge in [-0.05, 0) is 19.3 Å². The summed E-state index contributed by atoms with van der Waals surface area (Å²) in [4.78, 5) is 11.7. The Kier molecular flexibility index (Phi) is 4.94. The van der Waals surface area contributed by atoms with Crippen molar-refractivity contribution >= 4 is 5.91 Å². The van der Waals surface area contributed by atoms with Gasteiger partial charge in [-0.2, -0.15) is 0 Å². The highest BCUT2D eigenvalue weighted by Crippen LogP contribution is 2.18. The van der Waals surface area contributed by atoms with Gasteiger partial charge < -0.3 is 25.0 Å². The molecule has 2 heterocycles. The van der Waals surface area contributed by atoms with Crippen LogP contribution in [0.2, 0.25) is 0 Å². The van der Waals surface area contributed by atoms with Crippen LogP contribution in [0, 0.1) is 0 Å². The molecule has 18 heavy (non-hydrogen) atoms. The first-order valence-corrected chi connectivity index (χ1v) is 6.52. The lowest BCUT2D eigenvalue weighted by atomic mass is 10.1. The summed E-state index contributed by atoms with van der Waals surface area (Å²) in [6.45, 7) is 1.06. The zero-order chi connectivity index (χ0) is 13.0. The van der Waals surface area contributed by atoms with Crippen LogP contribution < -0.4 is 5.32 Å². The van der Waals surface area contributed by atoms with Crippen molar-refractivity contribution in [3.63, 3.8) is 0 Å². The molecule has 3 N–H and O–H groups in total. The number of carbonyl (C=O) groups is 1. The molecule has 2 fully saturated rings. The molecule has 1 unspecified atom stereocenters. The molecule has 6 heteroatoms. The van der Waals surface area contributed by atoms with Crippen LogP contribution in [0.4, 0.5) is 0 Å². The summed E-state index contributed by atoms with van der Waals surface area (Å²) in [6.07, 6.45) is 1.29. The summed E-state index contributed by atoms with van der Waals surface area (Å²) in [7, 11) is 0. The number of aliphatic hydroxyl groups is 2. The summed E-state index contributed by atoms with van der Waals surface area (Å²) in [5.41, 5.74) is 0. The van der Waals surface area contributed by atoms with Crippen molar-refractivity contribution < 1.29 is 24.5 Å². The summed E-state index contributed by atoms with van der Waals surface area (Å²) < 4.78 is 10.6. The topological polar surface area (TPSA) is 88.0 Å². The average molecular weight is 259 g/mol. The molecule has 1 amide bonds. The van der Waals surface area contributed by atoms with E-state index in [-0.39, 0.29) is 30.8 Å². The van der Waals surface area contributed by atoms with Crippen LogP contribution in [0.5, 0.6) is 0 Å². The van der Waals surface area contributed by atoms with Gasteiger partial charge in [0.1, 0.15) is 6.10 Å². The first kappa shape index (κ1) is 13.7. The van der Waals surface area contributed by atoms with Crippen molar-refractivity contribution in [2.45, 2.75) is 50.0 Å². The van der Waals surface area contributed by atoms with Crippen molar-refractivity contribution in [1.29, 1.82) is 0 Å². The number of rotatable bonds is 5. The third kappa shape index (κ3) is 3.41. The van der Waals surface area contributed by atoms with E-state index in [2.05, 4.69) is 5.32 Å². The van der Waals surface area contributed by atoms with Gasteiger partial charge in [0.15, 0.2) is 0 Å². The molecule has 0 spiro atoms. The number of amides is 1. The summed E-state index contributed by atoms with van der Waals surface area (Å²) in [6, 6.07) is -0.100. The molecule has 2 rings (SSSR count). The fourth-order valence-corrected chi connectivity index (χ4v) is 2.46. The van der Waals surface area contributed by atoms with Gasteiger partial charge >= 0.3 is 0 Å². The first-order chi connectivity index (χ1) is 8.70. The van der Waals surface area contributed by atoms with Crippen LogP contribution >= 0.6 is 0 Å². The summed E-state index contributed by atoms with van der Waals surface area (Å²) in [5, 5.41) is 21.5. The van der Waals surface area contributed by atoms with Gasteiger partial charge in [-0.15, -0.1) is 0 Å². The van der Waals surface area contributed by atoms with Gasteiger partial charge in [0.25, 0.3) is 0 Å². The highest BCUT2D eigenvalue weighted by Gasteiger charge is 2.30. The summed E-state index contributed by atoms with van der Waals surface area (Å²) >= 11 is 0. The van der Waals surface area contributed by atoms with Gasteiger partial charge in [-0.1, -0.05) is 0 Å². The van der Waals surface area contributed by atoms with E-state index in [9.17, 15) is 9.90 Å². The Morgan fingerprint density at radius 3 is 2.61 bits per heavy atom. The highest BCUT2D eigenvalue weighted by molar-refractivity contribution is 5.76. The molecule has 0 aromatic carbocycles. The van der Waals surface area contributed by atoms with Crippen LogP contribution in [0.1, 0.15) is 25.7 Å². The molecule has 0 aromatic rings. The number of ether oxygens (including phenoxy) is 2. The fraction of sp³-hybridized carbons (Fsp3) is 0.917. The Balaban J connectivity index is 1.68. The predicted molar refractivity (Wildman–Crippen MR) is 63.0 cm³/mol. The minimum atomic E-state index is -0.446. The van der Waals surface area contributed by atoms with Crippen LogP contribution in [0.25, 0.3) is 0 Å². The van der Waals surface area contributed by atoms with Gasteiger partial charge in [0, 0.05) is 19.6 Å². The maximum absolute atomic E-state index is 11.7. The highest BCUT2D eigenvalue weighted by atomic mass is 16.5. The maximum Gasteiger partial charge on any atom is 0.220 e. The van der Waals surface area contributed by atoms with Gasteiger partial charge in [0.05, 0.1) is 24.9 Å².